The van der Waals surface area contributed by atoms with E-state index in [1.165, 1.54) is 22.5 Å². The zero-order valence-corrected chi connectivity index (χ0v) is 15.0. The summed E-state index contributed by atoms with van der Waals surface area (Å²) in [4.78, 5) is 30.5. The molecule has 0 N–H and O–H groups in total. The molecule has 2 aliphatic heterocycles. The lowest BCUT2D eigenvalue weighted by Crippen LogP contribution is -2.53. The van der Waals surface area contributed by atoms with Crippen molar-refractivity contribution < 1.29 is 9.59 Å². The van der Waals surface area contributed by atoms with Crippen LogP contribution >= 0.6 is 11.3 Å². The van der Waals surface area contributed by atoms with Gasteiger partial charge in [0.1, 0.15) is 6.04 Å². The van der Waals surface area contributed by atoms with Crippen LogP contribution in [0.3, 0.4) is 0 Å². The minimum atomic E-state index is -0.311. The van der Waals surface area contributed by atoms with E-state index in [0.29, 0.717) is 13.1 Å². The van der Waals surface area contributed by atoms with E-state index in [1.54, 1.807) is 4.90 Å². The smallest absolute Gasteiger partial charge is 0.264 e. The van der Waals surface area contributed by atoms with E-state index in [-0.39, 0.29) is 17.9 Å². The van der Waals surface area contributed by atoms with Crippen molar-refractivity contribution in [2.45, 2.75) is 38.3 Å². The molecule has 4 nitrogen and oxygen atoms in total. The fraction of sp³-hybridized carbons (Fsp3) is 0.400. The van der Waals surface area contributed by atoms with E-state index in [4.69, 9.17) is 0 Å². The van der Waals surface area contributed by atoms with Gasteiger partial charge in [0.15, 0.2) is 0 Å². The summed E-state index contributed by atoms with van der Waals surface area (Å²) in [5.74, 6) is 0.115. The number of carbonyl (C=O) groups is 2. The maximum atomic E-state index is 13.2. The van der Waals surface area contributed by atoms with Gasteiger partial charge in [-0.1, -0.05) is 30.3 Å². The Morgan fingerprint density at radius 1 is 1.00 bits per heavy atom. The highest BCUT2D eigenvalue weighted by Crippen LogP contribution is 2.26. The number of carbonyl (C=O) groups excluding carboxylic acids is 2. The fourth-order valence-corrected chi connectivity index (χ4v) is 4.55. The second-order valence-corrected chi connectivity index (χ2v) is 7.71. The van der Waals surface area contributed by atoms with Crippen molar-refractivity contribution in [1.82, 2.24) is 9.80 Å². The van der Waals surface area contributed by atoms with Crippen LogP contribution in [0.4, 0.5) is 0 Å². The van der Waals surface area contributed by atoms with Gasteiger partial charge in [0.2, 0.25) is 5.91 Å². The van der Waals surface area contributed by atoms with Crippen LogP contribution in [-0.2, 0) is 17.8 Å². The first-order valence-electron chi connectivity index (χ1n) is 8.94. The average Bonchev–Trinajstić information content (AvgIpc) is 3.21. The maximum absolute atomic E-state index is 13.2. The van der Waals surface area contributed by atoms with Gasteiger partial charge in [-0.15, -0.1) is 11.3 Å². The van der Waals surface area contributed by atoms with E-state index < -0.39 is 0 Å². The third-order valence-corrected chi connectivity index (χ3v) is 6.08. The molecule has 2 aliphatic rings. The van der Waals surface area contributed by atoms with Crippen LogP contribution in [0.15, 0.2) is 41.8 Å². The summed E-state index contributed by atoms with van der Waals surface area (Å²) < 4.78 is 0. The number of hydrogen-bond donors (Lipinski definition) is 0. The Kier molecular flexibility index (Phi) is 4.57. The van der Waals surface area contributed by atoms with Gasteiger partial charge < -0.3 is 9.80 Å². The Bertz CT molecular complexity index is 772. The topological polar surface area (TPSA) is 40.6 Å². The molecule has 1 atom stereocenters. The molecule has 1 aromatic heterocycles. The second-order valence-electron chi connectivity index (χ2n) is 6.77. The standard InChI is InChI=1S/C20H22N2O2S/c23-19(21-12-10-15-6-1-2-7-16(15)14-21)17-8-3-4-11-22(17)20(24)18-9-5-13-25-18/h1-2,5-7,9,13,17H,3-4,8,10-12,14H2. The summed E-state index contributed by atoms with van der Waals surface area (Å²) in [6.45, 7) is 2.08. The predicted molar refractivity (Wildman–Crippen MR) is 98.6 cm³/mol. The zero-order valence-electron chi connectivity index (χ0n) is 14.2. The summed E-state index contributed by atoms with van der Waals surface area (Å²) >= 11 is 1.45. The lowest BCUT2D eigenvalue weighted by Gasteiger charge is -2.39. The van der Waals surface area contributed by atoms with Crippen LogP contribution in [0, 0.1) is 0 Å². The van der Waals surface area contributed by atoms with Gasteiger partial charge >= 0.3 is 0 Å². The Balaban J connectivity index is 1.53. The van der Waals surface area contributed by atoms with Crippen molar-refractivity contribution in [3.8, 4) is 0 Å². The molecule has 0 aliphatic carbocycles. The summed E-state index contributed by atoms with van der Waals surface area (Å²) in [6.07, 6.45) is 3.65. The quantitative estimate of drug-likeness (QED) is 0.830. The van der Waals surface area contributed by atoms with Crippen molar-refractivity contribution in [3.05, 3.63) is 57.8 Å². The molecule has 1 aromatic carbocycles. The highest BCUT2D eigenvalue weighted by atomic mass is 32.1. The van der Waals surface area contributed by atoms with Gasteiger partial charge in [0.25, 0.3) is 5.91 Å². The Hall–Kier alpha value is -2.14. The van der Waals surface area contributed by atoms with Gasteiger partial charge in [0, 0.05) is 19.6 Å². The number of likely N-dealkylation sites (tertiary alicyclic amines) is 1. The zero-order chi connectivity index (χ0) is 17.2. The third kappa shape index (κ3) is 3.21. The molecule has 1 unspecified atom stereocenters. The van der Waals surface area contributed by atoms with Crippen molar-refractivity contribution in [2.75, 3.05) is 13.1 Å². The molecule has 4 rings (SSSR count). The molecular formula is C20H22N2O2S. The number of benzene rings is 1. The Morgan fingerprint density at radius 2 is 1.84 bits per heavy atom. The highest BCUT2D eigenvalue weighted by molar-refractivity contribution is 7.12. The van der Waals surface area contributed by atoms with Crippen LogP contribution < -0.4 is 0 Å². The number of rotatable bonds is 2. The lowest BCUT2D eigenvalue weighted by atomic mass is 9.96. The largest absolute Gasteiger partial charge is 0.336 e. The van der Waals surface area contributed by atoms with Crippen molar-refractivity contribution in [2.24, 2.45) is 0 Å². The number of nitrogens with zero attached hydrogens (tertiary/aromatic N) is 2. The van der Waals surface area contributed by atoms with Crippen molar-refractivity contribution >= 4 is 23.2 Å². The molecule has 0 bridgehead atoms. The number of fused-ring (bicyclic) bond motifs is 1. The van der Waals surface area contributed by atoms with Crippen molar-refractivity contribution in [3.63, 3.8) is 0 Å². The molecule has 25 heavy (non-hydrogen) atoms. The summed E-state index contributed by atoms with van der Waals surface area (Å²) in [7, 11) is 0. The van der Waals surface area contributed by atoms with Crippen LogP contribution in [0.2, 0.25) is 0 Å². The first kappa shape index (κ1) is 16.3. The van der Waals surface area contributed by atoms with Crippen LogP contribution in [0.25, 0.3) is 0 Å². The van der Waals surface area contributed by atoms with Crippen molar-refractivity contribution in [1.29, 1.82) is 0 Å². The lowest BCUT2D eigenvalue weighted by molar-refractivity contribution is -0.138. The molecule has 2 amide bonds. The molecule has 2 aromatic rings. The number of piperidine rings is 1. The third-order valence-electron chi connectivity index (χ3n) is 5.22. The van der Waals surface area contributed by atoms with Crippen LogP contribution in [0.5, 0.6) is 0 Å². The Labute approximate surface area is 152 Å². The Morgan fingerprint density at radius 3 is 2.64 bits per heavy atom. The molecule has 0 radical (unpaired) electrons. The van der Waals surface area contributed by atoms with E-state index in [0.717, 1.165) is 37.1 Å². The highest BCUT2D eigenvalue weighted by Gasteiger charge is 2.36. The number of thiophene rings is 1. The van der Waals surface area contributed by atoms with Gasteiger partial charge in [-0.2, -0.15) is 0 Å². The van der Waals surface area contributed by atoms with Crippen LogP contribution in [-0.4, -0.2) is 40.7 Å². The molecule has 130 valence electrons. The molecule has 3 heterocycles. The van der Waals surface area contributed by atoms with E-state index >= 15 is 0 Å². The molecular weight excluding hydrogens is 332 g/mol. The first-order chi connectivity index (χ1) is 12.2. The van der Waals surface area contributed by atoms with Gasteiger partial charge in [-0.05, 0) is 48.3 Å². The van der Waals surface area contributed by atoms with E-state index in [2.05, 4.69) is 18.2 Å². The fourth-order valence-electron chi connectivity index (χ4n) is 3.87. The SMILES string of the molecule is O=C(C1CCCCN1C(=O)c1cccs1)N1CCc2ccccc2C1. The maximum Gasteiger partial charge on any atom is 0.264 e. The molecule has 1 fully saturated rings. The van der Waals surface area contributed by atoms with Gasteiger partial charge in [0.05, 0.1) is 4.88 Å². The summed E-state index contributed by atoms with van der Waals surface area (Å²) in [6, 6.07) is 11.8. The number of amides is 2. The summed E-state index contributed by atoms with van der Waals surface area (Å²) in [5.41, 5.74) is 2.57. The minimum Gasteiger partial charge on any atom is -0.336 e. The molecule has 0 saturated carbocycles. The van der Waals surface area contributed by atoms with Crippen LogP contribution in [0.1, 0.15) is 40.1 Å². The molecule has 1 saturated heterocycles. The molecule has 0 spiro atoms. The second kappa shape index (κ2) is 7.00. The predicted octanol–water partition coefficient (Wildman–Crippen LogP) is 3.33. The number of hydrogen-bond acceptors (Lipinski definition) is 3. The molecule has 5 heteroatoms. The average molecular weight is 354 g/mol. The summed E-state index contributed by atoms with van der Waals surface area (Å²) in [5, 5.41) is 1.91. The monoisotopic (exact) mass is 354 g/mol. The van der Waals surface area contributed by atoms with Gasteiger partial charge in [-0.3, -0.25) is 9.59 Å². The first-order valence-corrected chi connectivity index (χ1v) is 9.82. The minimum absolute atomic E-state index is 0.00506. The van der Waals surface area contributed by atoms with E-state index in [9.17, 15) is 9.59 Å². The van der Waals surface area contributed by atoms with Gasteiger partial charge in [-0.25, -0.2) is 0 Å². The normalized spacial score (nSPS) is 20.2. The van der Waals surface area contributed by atoms with E-state index in [1.807, 2.05) is 28.5 Å².